The lowest BCUT2D eigenvalue weighted by Gasteiger charge is -2.14. The molecule has 0 atom stereocenters. The summed E-state index contributed by atoms with van der Waals surface area (Å²) in [5.41, 5.74) is -2.99. The summed E-state index contributed by atoms with van der Waals surface area (Å²) < 4.78 is 79.5. The van der Waals surface area contributed by atoms with E-state index in [1.807, 2.05) is 17.5 Å². The molecule has 3 aromatic heterocycles. The van der Waals surface area contributed by atoms with Gasteiger partial charge in [-0.3, -0.25) is 9.20 Å². The first-order valence-corrected chi connectivity index (χ1v) is 9.89. The number of fused-ring (bicyclic) bond motifs is 1. The summed E-state index contributed by atoms with van der Waals surface area (Å²) in [5, 5.41) is 5.40. The van der Waals surface area contributed by atoms with Crippen molar-refractivity contribution >= 4 is 39.2 Å². The fraction of sp³-hybridized carbons (Fsp3) is 0.111. The van der Waals surface area contributed by atoms with Crippen molar-refractivity contribution < 1.29 is 31.1 Å². The van der Waals surface area contributed by atoms with Crippen LogP contribution >= 0.6 is 22.7 Å². The number of carbonyl (C=O) groups is 1. The van der Waals surface area contributed by atoms with Gasteiger partial charge >= 0.3 is 12.4 Å². The van der Waals surface area contributed by atoms with Gasteiger partial charge in [-0.15, -0.1) is 22.7 Å². The molecule has 0 spiro atoms. The fourth-order valence-electron chi connectivity index (χ4n) is 2.71. The first-order valence-electron chi connectivity index (χ1n) is 8.14. The van der Waals surface area contributed by atoms with Crippen molar-refractivity contribution in [3.63, 3.8) is 0 Å². The van der Waals surface area contributed by atoms with Crippen LogP contribution in [0.25, 0.3) is 15.5 Å². The van der Waals surface area contributed by atoms with Gasteiger partial charge in [0.2, 0.25) is 0 Å². The van der Waals surface area contributed by atoms with Gasteiger partial charge in [0.05, 0.1) is 16.0 Å². The van der Waals surface area contributed by atoms with E-state index in [1.54, 1.807) is 6.20 Å². The van der Waals surface area contributed by atoms with E-state index in [0.717, 1.165) is 16.2 Å². The maximum atomic E-state index is 13.0. The Morgan fingerprint density at radius 1 is 1.00 bits per heavy atom. The molecule has 1 N–H and O–H groups in total. The van der Waals surface area contributed by atoms with Gasteiger partial charge in [0.15, 0.2) is 4.96 Å². The van der Waals surface area contributed by atoms with Crippen LogP contribution in [0.5, 0.6) is 0 Å². The Balaban J connectivity index is 1.68. The molecule has 30 heavy (non-hydrogen) atoms. The highest BCUT2D eigenvalue weighted by atomic mass is 32.1. The van der Waals surface area contributed by atoms with Crippen LogP contribution < -0.4 is 5.32 Å². The maximum absolute atomic E-state index is 13.0. The molecular weight excluding hydrogens is 452 g/mol. The molecule has 4 nitrogen and oxygen atoms in total. The molecule has 0 saturated heterocycles. The number of benzene rings is 1. The van der Waals surface area contributed by atoms with Gasteiger partial charge < -0.3 is 5.32 Å². The minimum Gasteiger partial charge on any atom is -0.321 e. The normalized spacial score (nSPS) is 12.5. The number of alkyl halides is 6. The van der Waals surface area contributed by atoms with Crippen LogP contribution in [0.1, 0.15) is 21.6 Å². The number of imidazole rings is 1. The third kappa shape index (κ3) is 3.92. The molecule has 3 heterocycles. The minimum absolute atomic E-state index is 0.00161. The van der Waals surface area contributed by atoms with Gasteiger partial charge in [0.1, 0.15) is 11.4 Å². The summed E-state index contributed by atoms with van der Waals surface area (Å²) in [4.78, 5) is 18.3. The topological polar surface area (TPSA) is 46.4 Å². The summed E-state index contributed by atoms with van der Waals surface area (Å²) in [6, 6.07) is 4.58. The van der Waals surface area contributed by atoms with Crippen molar-refractivity contribution in [3.8, 4) is 10.6 Å². The van der Waals surface area contributed by atoms with Gasteiger partial charge in [0, 0.05) is 17.3 Å². The predicted octanol–water partition coefficient (Wildman–Crippen LogP) is 6.41. The first kappa shape index (κ1) is 20.4. The monoisotopic (exact) mass is 461 g/mol. The molecule has 1 aromatic carbocycles. The average molecular weight is 461 g/mol. The van der Waals surface area contributed by atoms with Gasteiger partial charge in [-0.25, -0.2) is 4.98 Å². The van der Waals surface area contributed by atoms with Gasteiger partial charge in [0.25, 0.3) is 5.91 Å². The van der Waals surface area contributed by atoms with Crippen molar-refractivity contribution in [2.24, 2.45) is 0 Å². The molecule has 0 unspecified atom stereocenters. The summed E-state index contributed by atoms with van der Waals surface area (Å²) in [6.45, 7) is 0. The highest BCUT2D eigenvalue weighted by molar-refractivity contribution is 7.15. The Morgan fingerprint density at radius 3 is 2.23 bits per heavy atom. The van der Waals surface area contributed by atoms with Crippen LogP contribution in [0, 0.1) is 0 Å². The summed E-state index contributed by atoms with van der Waals surface area (Å²) >= 11 is 2.56. The summed E-state index contributed by atoms with van der Waals surface area (Å²) in [5.74, 6) is -0.858. The zero-order valence-corrected chi connectivity index (χ0v) is 16.1. The van der Waals surface area contributed by atoms with E-state index >= 15 is 0 Å². The Labute approximate surface area is 172 Å². The number of hydrogen-bond acceptors (Lipinski definition) is 4. The number of hydrogen-bond donors (Lipinski definition) is 1. The molecular formula is C18H9F6N3OS2. The van der Waals surface area contributed by atoms with Crippen molar-refractivity contribution in [2.75, 3.05) is 5.32 Å². The van der Waals surface area contributed by atoms with E-state index in [0.29, 0.717) is 22.8 Å². The molecule has 0 saturated carbocycles. The second kappa shape index (κ2) is 7.13. The lowest BCUT2D eigenvalue weighted by molar-refractivity contribution is -0.143. The number of nitrogens with one attached hydrogen (secondary N) is 1. The number of rotatable bonds is 3. The Kier molecular flexibility index (Phi) is 4.85. The van der Waals surface area contributed by atoms with Crippen molar-refractivity contribution in [2.45, 2.75) is 12.4 Å². The molecule has 156 valence electrons. The van der Waals surface area contributed by atoms with Crippen molar-refractivity contribution in [1.29, 1.82) is 0 Å². The predicted molar refractivity (Wildman–Crippen MR) is 101 cm³/mol. The van der Waals surface area contributed by atoms with Crippen LogP contribution in [0.15, 0.2) is 47.3 Å². The number of halogens is 6. The lowest BCUT2D eigenvalue weighted by Crippen LogP contribution is -2.17. The molecule has 0 bridgehead atoms. The third-order valence-corrected chi connectivity index (χ3v) is 5.79. The maximum Gasteiger partial charge on any atom is 0.416 e. The van der Waals surface area contributed by atoms with Crippen LogP contribution in [0.3, 0.4) is 0 Å². The number of anilines is 1. The number of thiophene rings is 1. The van der Waals surface area contributed by atoms with E-state index < -0.39 is 35.1 Å². The average Bonchev–Trinajstić information content (AvgIpc) is 3.36. The Hall–Kier alpha value is -2.86. The second-order valence-electron chi connectivity index (χ2n) is 6.13. The minimum atomic E-state index is -5.00. The summed E-state index contributed by atoms with van der Waals surface area (Å²) in [7, 11) is 0. The smallest absolute Gasteiger partial charge is 0.321 e. The van der Waals surface area contributed by atoms with Crippen molar-refractivity contribution in [1.82, 2.24) is 9.38 Å². The van der Waals surface area contributed by atoms with E-state index in [1.165, 1.54) is 21.1 Å². The Morgan fingerprint density at radius 2 is 1.67 bits per heavy atom. The molecule has 4 rings (SSSR count). The Bertz CT molecular complexity index is 1190. The van der Waals surface area contributed by atoms with Crippen LogP contribution in [0.4, 0.5) is 32.0 Å². The van der Waals surface area contributed by atoms with Crippen LogP contribution in [0.2, 0.25) is 0 Å². The first-order chi connectivity index (χ1) is 14.0. The molecule has 4 aromatic rings. The fourth-order valence-corrected chi connectivity index (χ4v) is 4.25. The third-order valence-electron chi connectivity index (χ3n) is 4.06. The van der Waals surface area contributed by atoms with Crippen molar-refractivity contribution in [3.05, 3.63) is 64.1 Å². The van der Waals surface area contributed by atoms with Gasteiger partial charge in [-0.2, -0.15) is 26.3 Å². The van der Waals surface area contributed by atoms with E-state index in [4.69, 9.17) is 0 Å². The molecule has 0 fully saturated rings. The standard InChI is InChI=1S/C18H9F6N3OS2/c19-17(20,21)9-4-10(18(22,23)24)6-11(5-9)25-15(28)13-8-30-16-26-12(7-27(13)16)14-2-1-3-29-14/h1-8H,(H,25,28). The van der Waals surface area contributed by atoms with Crippen LogP contribution in [-0.4, -0.2) is 15.3 Å². The highest BCUT2D eigenvalue weighted by Crippen LogP contribution is 2.37. The molecule has 1 amide bonds. The van der Waals surface area contributed by atoms with E-state index in [2.05, 4.69) is 10.3 Å². The quantitative estimate of drug-likeness (QED) is 0.358. The summed E-state index contributed by atoms with van der Waals surface area (Å²) in [6.07, 6.45) is -8.42. The van der Waals surface area contributed by atoms with E-state index in [-0.39, 0.29) is 11.8 Å². The molecule has 12 heteroatoms. The molecule has 0 radical (unpaired) electrons. The largest absolute Gasteiger partial charge is 0.416 e. The highest BCUT2D eigenvalue weighted by Gasteiger charge is 2.37. The van der Waals surface area contributed by atoms with Crippen LogP contribution in [-0.2, 0) is 12.4 Å². The molecule has 0 aliphatic heterocycles. The number of carbonyl (C=O) groups excluding carboxylic acids is 1. The SMILES string of the molecule is O=C(Nc1cc(C(F)(F)F)cc(C(F)(F)F)c1)c1csc2nc(-c3cccs3)cn12. The molecule has 0 aliphatic rings. The lowest BCUT2D eigenvalue weighted by atomic mass is 10.1. The number of aromatic nitrogens is 2. The number of thiazole rings is 1. The zero-order valence-electron chi connectivity index (χ0n) is 14.5. The van der Waals surface area contributed by atoms with Gasteiger partial charge in [-0.1, -0.05) is 6.07 Å². The second-order valence-corrected chi connectivity index (χ2v) is 7.91. The molecule has 0 aliphatic carbocycles. The number of amides is 1. The number of nitrogens with zero attached hydrogens (tertiary/aromatic N) is 2. The van der Waals surface area contributed by atoms with E-state index in [9.17, 15) is 31.1 Å². The zero-order chi connectivity index (χ0) is 21.7. The van der Waals surface area contributed by atoms with Gasteiger partial charge in [-0.05, 0) is 29.6 Å².